The number of benzene rings is 5. The molecule has 10 heterocycles. The second-order valence-corrected chi connectivity index (χ2v) is 28.9. The SMILES string of the molecule is C.C.C.CC1(C)CCCNC1.CC1(C)CCCNC1.CC1CCCNC1.CC1CCNCC1.CC1CNCC(C)C1.COc1ccc2c(c1)CCNC2.Cc1ccc2c(c1)CCNC2.c1ccc2c(c1)CCCN2.c1ccc2c(c1)CCN2.c1ccc2c(c1)CCNC2. The van der Waals surface area contributed by atoms with Crippen LogP contribution < -0.4 is 57.9 Å². The first-order valence-corrected chi connectivity index (χ1v) is 35.8. The van der Waals surface area contributed by atoms with Gasteiger partial charge in [0.2, 0.25) is 0 Å². The normalized spacial score (nSPS) is 21.3. The number of para-hydroxylation sites is 2. The second kappa shape index (κ2) is 47.2. The molecule has 5 saturated heterocycles. The van der Waals surface area contributed by atoms with Crippen LogP contribution in [0.1, 0.15) is 192 Å². The molecule has 0 amide bonds. The van der Waals surface area contributed by atoms with Crippen LogP contribution in [0.2, 0.25) is 0 Å². The molecule has 0 saturated carbocycles. The van der Waals surface area contributed by atoms with E-state index in [1.807, 2.05) is 6.07 Å². The Morgan fingerprint density at radius 2 is 0.828 bits per heavy atom. The Bertz CT molecular complexity index is 2510. The Morgan fingerprint density at radius 3 is 1.26 bits per heavy atom. The van der Waals surface area contributed by atoms with Crippen molar-refractivity contribution in [3.8, 4) is 5.75 Å². The largest absolute Gasteiger partial charge is 0.497 e. The summed E-state index contributed by atoms with van der Waals surface area (Å²) >= 11 is 0. The maximum Gasteiger partial charge on any atom is 0.119 e. The molecule has 10 aliphatic rings. The van der Waals surface area contributed by atoms with Gasteiger partial charge >= 0.3 is 0 Å². The highest BCUT2D eigenvalue weighted by Crippen LogP contribution is 2.26. The van der Waals surface area contributed by atoms with Crippen molar-refractivity contribution in [3.05, 3.63) is 159 Å². The van der Waals surface area contributed by atoms with E-state index in [9.17, 15) is 0 Å². The molecule has 0 aromatic heterocycles. The van der Waals surface area contributed by atoms with E-state index in [1.54, 1.807) is 7.11 Å². The molecule has 3 atom stereocenters. The van der Waals surface area contributed by atoms with E-state index >= 15 is 0 Å². The van der Waals surface area contributed by atoms with Crippen LogP contribution in [0.5, 0.6) is 5.75 Å². The molecule has 11 heteroatoms. The Kier molecular flexibility index (Phi) is 41.8. The van der Waals surface area contributed by atoms with Crippen LogP contribution in [-0.4, -0.2) is 105 Å². The minimum absolute atomic E-state index is 0. The van der Waals surface area contributed by atoms with Gasteiger partial charge in [0.05, 0.1) is 7.11 Å². The summed E-state index contributed by atoms with van der Waals surface area (Å²) < 4.78 is 5.16. The number of piperidine rings is 5. The van der Waals surface area contributed by atoms with Crippen molar-refractivity contribution >= 4 is 11.4 Å². The van der Waals surface area contributed by atoms with Crippen LogP contribution in [0.15, 0.2) is 109 Å². The molecule has 5 aromatic rings. The highest BCUT2D eigenvalue weighted by molar-refractivity contribution is 5.55. The lowest BCUT2D eigenvalue weighted by Crippen LogP contribution is -2.35. The van der Waals surface area contributed by atoms with Gasteiger partial charge in [-0.05, 0) is 279 Å². The van der Waals surface area contributed by atoms with Crippen molar-refractivity contribution in [2.45, 2.75) is 201 Å². The lowest BCUT2D eigenvalue weighted by atomic mass is 9.85. The molecule has 11 nitrogen and oxygen atoms in total. The molecule has 0 aliphatic carbocycles. The maximum atomic E-state index is 5.16. The first kappa shape index (κ1) is 82.4. The van der Waals surface area contributed by atoms with Gasteiger partial charge in [-0.3, -0.25) is 0 Å². The Balaban J connectivity index is 0.000000270. The van der Waals surface area contributed by atoms with Crippen LogP contribution in [-0.2, 0) is 51.7 Å². The minimum Gasteiger partial charge on any atom is -0.497 e. The summed E-state index contributed by atoms with van der Waals surface area (Å²) in [7, 11) is 1.71. The van der Waals surface area contributed by atoms with Crippen molar-refractivity contribution in [2.24, 2.45) is 34.5 Å². The lowest BCUT2D eigenvalue weighted by molar-refractivity contribution is 0.265. The van der Waals surface area contributed by atoms with Gasteiger partial charge in [-0.25, -0.2) is 0 Å². The van der Waals surface area contributed by atoms with Crippen LogP contribution in [0, 0.1) is 41.4 Å². The molecular weight excluding hydrogens is 1140 g/mol. The fourth-order valence-corrected chi connectivity index (χ4v) is 13.1. The van der Waals surface area contributed by atoms with Gasteiger partial charge in [0, 0.05) is 57.2 Å². The quantitative estimate of drug-likeness (QED) is 0.0788. The number of fused-ring (bicyclic) bond motifs is 5. The van der Waals surface area contributed by atoms with E-state index in [1.165, 1.54) is 217 Å². The first-order valence-electron chi connectivity index (χ1n) is 35.8. The molecule has 93 heavy (non-hydrogen) atoms. The number of anilines is 2. The highest BCUT2D eigenvalue weighted by atomic mass is 16.5. The Hall–Kier alpha value is -4.82. The predicted octanol–water partition coefficient (Wildman–Crippen LogP) is 16.0. The fourth-order valence-electron chi connectivity index (χ4n) is 13.1. The molecule has 0 bridgehead atoms. The zero-order valence-electron chi connectivity index (χ0n) is 58.4. The molecule has 5 aromatic carbocycles. The summed E-state index contributed by atoms with van der Waals surface area (Å²) in [5, 5.41) is 33.5. The average molecular weight is 1280 g/mol. The summed E-state index contributed by atoms with van der Waals surface area (Å²) in [6, 6.07) is 38.6. The van der Waals surface area contributed by atoms with Crippen molar-refractivity contribution in [2.75, 3.05) is 116 Å². The summed E-state index contributed by atoms with van der Waals surface area (Å²) in [4.78, 5) is 0. The lowest BCUT2D eigenvalue weighted by Gasteiger charge is -2.29. The standard InChI is InChI=1S/C10H13NO.C10H13N.2C9H11N.C8H9N.3C7H15N.2C6H13N.3CH4/c1-12-10-3-2-9-7-11-5-4-8(9)6-10;1-8-2-3-10-7-11-5-4-9(10)6-8;1-2-6-9-8(4-1)5-3-7-10-9;1-2-4-9-7-10-6-5-8(9)3-1;1-2-4-8-7(3-1)5-6-9-8;1-6-3-7(2)5-8-4-6;2*1-7(2)4-3-5-8-6-7;1-6-2-4-7-5-3-6;1-6-3-2-4-7-5-6;;;/h2-3,6,11H,4-5,7H2,1H3;2-3,6,11H,4-5,7H2,1H3;1-2,4,6,10H,3,5,7H2;1-4,10H,5-7H2;1-4,9H,5-6H2;6-8H,3-5H2,1-2H3;2*8H,3-6H2,1-2H3;2*6-7H,2-5H2,1H3;3*1H4. The van der Waals surface area contributed by atoms with Crippen LogP contribution in [0.3, 0.4) is 0 Å². The predicted molar refractivity (Wildman–Crippen MR) is 409 cm³/mol. The topological polar surface area (TPSA) is 130 Å². The van der Waals surface area contributed by atoms with Gasteiger partial charge < -0.3 is 57.9 Å². The van der Waals surface area contributed by atoms with Crippen LogP contribution >= 0.6 is 0 Å². The second-order valence-electron chi connectivity index (χ2n) is 28.9. The first-order chi connectivity index (χ1) is 43.6. The van der Waals surface area contributed by atoms with Gasteiger partial charge in [0.15, 0.2) is 0 Å². The molecule has 10 aliphatic heterocycles. The van der Waals surface area contributed by atoms with Crippen molar-refractivity contribution in [1.82, 2.24) is 42.5 Å². The number of ether oxygens (including phenoxy) is 1. The summed E-state index contributed by atoms with van der Waals surface area (Å²) in [6.45, 7) is 41.6. The average Bonchev–Trinajstić information content (AvgIpc) is 2.65. The van der Waals surface area contributed by atoms with Gasteiger partial charge in [-0.15, -0.1) is 0 Å². The number of rotatable bonds is 1. The van der Waals surface area contributed by atoms with Gasteiger partial charge in [-0.2, -0.15) is 0 Å². The highest BCUT2D eigenvalue weighted by Gasteiger charge is 2.21. The van der Waals surface area contributed by atoms with E-state index in [4.69, 9.17) is 4.74 Å². The van der Waals surface area contributed by atoms with E-state index in [0.29, 0.717) is 10.8 Å². The summed E-state index contributed by atoms with van der Waals surface area (Å²) in [5.41, 5.74) is 16.9. The molecule has 0 spiro atoms. The van der Waals surface area contributed by atoms with Crippen molar-refractivity contribution < 1.29 is 4.74 Å². The Labute approximate surface area is 571 Å². The zero-order valence-corrected chi connectivity index (χ0v) is 58.4. The van der Waals surface area contributed by atoms with Crippen molar-refractivity contribution in [1.29, 1.82) is 0 Å². The van der Waals surface area contributed by atoms with Crippen LogP contribution in [0.4, 0.5) is 11.4 Å². The maximum absolute atomic E-state index is 5.16. The van der Waals surface area contributed by atoms with Crippen LogP contribution in [0.25, 0.3) is 0 Å². The number of methoxy groups -OCH3 is 1. The number of hydrogen-bond acceptors (Lipinski definition) is 11. The fraction of sp³-hybridized carbons (Fsp3) is 0.634. The monoisotopic (exact) mass is 1280 g/mol. The van der Waals surface area contributed by atoms with E-state index in [-0.39, 0.29) is 22.3 Å². The summed E-state index contributed by atoms with van der Waals surface area (Å²) in [6.07, 6.45) is 19.7. The molecule has 0 radical (unpaired) electrons. The third kappa shape index (κ3) is 34.1. The Morgan fingerprint density at radius 1 is 0.366 bits per heavy atom. The molecule has 524 valence electrons. The molecular formula is C82H140N10O. The molecule has 10 N–H and O–H groups in total. The van der Waals surface area contributed by atoms with Gasteiger partial charge in [0.1, 0.15) is 5.75 Å². The molecule has 5 fully saturated rings. The smallest absolute Gasteiger partial charge is 0.119 e. The summed E-state index contributed by atoms with van der Waals surface area (Å²) in [5.74, 6) is 4.67. The van der Waals surface area contributed by atoms with Gasteiger partial charge in [-0.1, -0.05) is 168 Å². The van der Waals surface area contributed by atoms with Crippen molar-refractivity contribution in [3.63, 3.8) is 0 Å². The van der Waals surface area contributed by atoms with E-state index in [0.717, 1.165) is 88.2 Å². The number of aryl methyl sites for hydroxylation is 2. The van der Waals surface area contributed by atoms with E-state index < -0.39 is 0 Å². The third-order valence-corrected chi connectivity index (χ3v) is 18.8. The third-order valence-electron chi connectivity index (χ3n) is 18.8. The van der Waals surface area contributed by atoms with Gasteiger partial charge in [0.25, 0.3) is 0 Å². The number of nitrogens with one attached hydrogen (secondary N) is 10. The number of hydrogen-bond donors (Lipinski definition) is 10. The molecule has 3 unspecified atom stereocenters. The van der Waals surface area contributed by atoms with E-state index in [2.05, 4.69) is 219 Å². The zero-order chi connectivity index (χ0) is 64.1. The minimum atomic E-state index is 0. The molecule has 15 rings (SSSR count).